The maximum Gasteiger partial charge on any atom is 0.211 e. The van der Waals surface area contributed by atoms with Crippen LogP contribution in [0.25, 0.3) is 4.96 Å². The van der Waals surface area contributed by atoms with Crippen molar-refractivity contribution in [1.82, 2.24) is 13.7 Å². The van der Waals surface area contributed by atoms with Gasteiger partial charge in [-0.3, -0.25) is 4.40 Å². The van der Waals surface area contributed by atoms with Crippen LogP contribution in [0, 0.1) is 11.3 Å². The van der Waals surface area contributed by atoms with Crippen molar-refractivity contribution >= 4 is 32.1 Å². The van der Waals surface area contributed by atoms with Gasteiger partial charge in [0.05, 0.1) is 6.26 Å². The Hall–Kier alpha value is -1.63. The van der Waals surface area contributed by atoms with Crippen molar-refractivity contribution in [3.05, 3.63) is 17.3 Å². The third kappa shape index (κ3) is 2.58. The summed E-state index contributed by atoms with van der Waals surface area (Å²) in [6.45, 7) is 1.40. The van der Waals surface area contributed by atoms with Gasteiger partial charge in [-0.15, -0.1) is 11.3 Å². The number of aromatic nitrogens is 2. The van der Waals surface area contributed by atoms with E-state index in [-0.39, 0.29) is 6.04 Å². The van der Waals surface area contributed by atoms with Crippen LogP contribution < -0.4 is 4.90 Å². The van der Waals surface area contributed by atoms with Gasteiger partial charge in [-0.25, -0.2) is 12.7 Å². The normalized spacial score (nSPS) is 17.3. The quantitative estimate of drug-likeness (QED) is 0.837. The topological polar surface area (TPSA) is 81.7 Å². The van der Waals surface area contributed by atoms with E-state index < -0.39 is 10.0 Å². The number of anilines is 1. The molecule has 1 aliphatic heterocycles. The minimum Gasteiger partial charge on any atom is -0.354 e. The van der Waals surface area contributed by atoms with E-state index in [0.29, 0.717) is 24.6 Å². The standard InChI is InChI=1S/C13H17N5O2S2/c1-16(22(2,19)20)10-3-5-17(6-4-10)12-11(9-14)18-7-8-21-13(18)15-12/h7-8,10H,3-6H2,1-2H3. The molecule has 1 aliphatic rings. The third-order valence-corrected chi connectivity index (χ3v) is 6.25. The van der Waals surface area contributed by atoms with Crippen molar-refractivity contribution in [2.24, 2.45) is 0 Å². The summed E-state index contributed by atoms with van der Waals surface area (Å²) < 4.78 is 26.5. The third-order valence-electron chi connectivity index (χ3n) is 4.15. The zero-order valence-corrected chi connectivity index (χ0v) is 14.1. The molecule has 0 aromatic carbocycles. The van der Waals surface area contributed by atoms with Crippen LogP contribution in [0.4, 0.5) is 5.82 Å². The highest BCUT2D eigenvalue weighted by molar-refractivity contribution is 7.88. The number of fused-ring (bicyclic) bond motifs is 1. The zero-order valence-electron chi connectivity index (χ0n) is 12.4. The van der Waals surface area contributed by atoms with Crippen molar-refractivity contribution in [2.75, 3.05) is 31.3 Å². The fourth-order valence-corrected chi connectivity index (χ4v) is 4.27. The van der Waals surface area contributed by atoms with Crippen LogP contribution >= 0.6 is 11.3 Å². The molecule has 0 radical (unpaired) electrons. The molecule has 3 heterocycles. The lowest BCUT2D eigenvalue weighted by atomic mass is 10.1. The monoisotopic (exact) mass is 339 g/mol. The summed E-state index contributed by atoms with van der Waals surface area (Å²) in [5.74, 6) is 0.704. The van der Waals surface area contributed by atoms with E-state index in [4.69, 9.17) is 0 Å². The maximum absolute atomic E-state index is 11.6. The van der Waals surface area contributed by atoms with Gasteiger partial charge in [0, 0.05) is 37.8 Å². The zero-order chi connectivity index (χ0) is 15.9. The highest BCUT2D eigenvalue weighted by Gasteiger charge is 2.29. The molecule has 2 aromatic heterocycles. The molecule has 3 rings (SSSR count). The first kappa shape index (κ1) is 15.3. The van der Waals surface area contributed by atoms with E-state index in [1.807, 2.05) is 11.6 Å². The molecular weight excluding hydrogens is 322 g/mol. The largest absolute Gasteiger partial charge is 0.354 e. The van der Waals surface area contributed by atoms with E-state index in [1.165, 1.54) is 21.9 Å². The summed E-state index contributed by atoms with van der Waals surface area (Å²) in [5, 5.41) is 11.3. The number of hydrogen-bond donors (Lipinski definition) is 0. The molecule has 0 bridgehead atoms. The highest BCUT2D eigenvalue weighted by Crippen LogP contribution is 2.27. The molecule has 22 heavy (non-hydrogen) atoms. The molecule has 0 unspecified atom stereocenters. The second-order valence-corrected chi connectivity index (χ2v) is 8.36. The summed E-state index contributed by atoms with van der Waals surface area (Å²) in [7, 11) is -1.54. The molecule has 0 saturated carbocycles. The van der Waals surface area contributed by atoms with Crippen molar-refractivity contribution in [1.29, 1.82) is 5.26 Å². The van der Waals surface area contributed by atoms with Crippen LogP contribution in [-0.4, -0.2) is 54.5 Å². The second-order valence-electron chi connectivity index (χ2n) is 5.45. The molecular formula is C13H17N5O2S2. The van der Waals surface area contributed by atoms with Gasteiger partial charge in [0.1, 0.15) is 6.07 Å². The van der Waals surface area contributed by atoms with Gasteiger partial charge >= 0.3 is 0 Å². The van der Waals surface area contributed by atoms with E-state index in [1.54, 1.807) is 11.4 Å². The first-order valence-corrected chi connectivity index (χ1v) is 9.68. The number of nitrogens with zero attached hydrogens (tertiary/aromatic N) is 5. The van der Waals surface area contributed by atoms with E-state index in [9.17, 15) is 13.7 Å². The van der Waals surface area contributed by atoms with Gasteiger partial charge in [0.25, 0.3) is 0 Å². The van der Waals surface area contributed by atoms with Crippen LogP contribution in [-0.2, 0) is 10.0 Å². The SMILES string of the molecule is CN(C1CCN(c2nc3sccn3c2C#N)CC1)S(C)(=O)=O. The van der Waals surface area contributed by atoms with Gasteiger partial charge in [0.2, 0.25) is 10.0 Å². The molecule has 1 saturated heterocycles. The Morgan fingerprint density at radius 2 is 2.14 bits per heavy atom. The number of hydrogen-bond acceptors (Lipinski definition) is 6. The first-order valence-electron chi connectivity index (χ1n) is 6.95. The smallest absolute Gasteiger partial charge is 0.211 e. The molecule has 2 aromatic rings. The van der Waals surface area contributed by atoms with Crippen LogP contribution in [0.15, 0.2) is 11.6 Å². The molecule has 1 fully saturated rings. The molecule has 0 aliphatic carbocycles. The van der Waals surface area contributed by atoms with Gasteiger partial charge in [-0.05, 0) is 12.8 Å². The van der Waals surface area contributed by atoms with Gasteiger partial charge in [-0.1, -0.05) is 0 Å². The Kier molecular flexibility index (Phi) is 3.84. The van der Waals surface area contributed by atoms with Gasteiger partial charge < -0.3 is 4.90 Å². The Balaban J connectivity index is 1.79. The van der Waals surface area contributed by atoms with E-state index in [2.05, 4.69) is 16.0 Å². The lowest BCUT2D eigenvalue weighted by Gasteiger charge is -2.35. The number of nitriles is 1. The fourth-order valence-electron chi connectivity index (χ4n) is 2.81. The predicted octanol–water partition coefficient (Wildman–Crippen LogP) is 1.13. The summed E-state index contributed by atoms with van der Waals surface area (Å²) >= 11 is 1.50. The average Bonchev–Trinajstić information content (AvgIpc) is 3.05. The van der Waals surface area contributed by atoms with Crippen molar-refractivity contribution in [2.45, 2.75) is 18.9 Å². The first-order chi connectivity index (χ1) is 10.4. The lowest BCUT2D eigenvalue weighted by Crippen LogP contribution is -2.45. The molecule has 0 N–H and O–H groups in total. The van der Waals surface area contributed by atoms with Gasteiger partial charge in [-0.2, -0.15) is 10.2 Å². The summed E-state index contributed by atoms with van der Waals surface area (Å²) in [6, 6.07) is 2.23. The molecule has 0 spiro atoms. The molecule has 118 valence electrons. The summed E-state index contributed by atoms with van der Waals surface area (Å²) in [4.78, 5) is 7.42. The van der Waals surface area contributed by atoms with Crippen molar-refractivity contribution in [3.8, 4) is 6.07 Å². The number of sulfonamides is 1. The van der Waals surface area contributed by atoms with Crippen LogP contribution in [0.3, 0.4) is 0 Å². The number of piperidine rings is 1. The minimum atomic E-state index is -3.16. The molecule has 0 atom stereocenters. The summed E-state index contributed by atoms with van der Waals surface area (Å²) in [6.07, 6.45) is 4.55. The Labute approximate surface area is 133 Å². The van der Waals surface area contributed by atoms with Crippen LogP contribution in [0.5, 0.6) is 0 Å². The highest BCUT2D eigenvalue weighted by atomic mass is 32.2. The molecule has 7 nitrogen and oxygen atoms in total. The second kappa shape index (κ2) is 5.53. The van der Waals surface area contributed by atoms with Gasteiger partial charge in [0.15, 0.2) is 16.5 Å². The average molecular weight is 339 g/mol. The van der Waals surface area contributed by atoms with E-state index >= 15 is 0 Å². The van der Waals surface area contributed by atoms with Crippen molar-refractivity contribution < 1.29 is 8.42 Å². The van der Waals surface area contributed by atoms with Crippen LogP contribution in [0.2, 0.25) is 0 Å². The number of thiazole rings is 1. The summed E-state index contributed by atoms with van der Waals surface area (Å²) in [5.41, 5.74) is 0.547. The van der Waals surface area contributed by atoms with Crippen molar-refractivity contribution in [3.63, 3.8) is 0 Å². The predicted molar refractivity (Wildman–Crippen MR) is 85.6 cm³/mol. The Bertz CT molecular complexity index is 824. The van der Waals surface area contributed by atoms with Crippen LogP contribution in [0.1, 0.15) is 18.5 Å². The Morgan fingerprint density at radius 3 is 2.73 bits per heavy atom. The number of rotatable bonds is 3. The number of imidazole rings is 1. The minimum absolute atomic E-state index is 0.0144. The lowest BCUT2D eigenvalue weighted by molar-refractivity contribution is 0.313. The van der Waals surface area contributed by atoms with E-state index in [0.717, 1.165) is 17.8 Å². The Morgan fingerprint density at radius 1 is 1.45 bits per heavy atom. The molecule has 9 heteroatoms. The fraction of sp³-hybridized carbons (Fsp3) is 0.538. The molecule has 0 amide bonds. The maximum atomic E-state index is 11.6.